The minimum Gasteiger partial charge on any atom is -0.393 e. The summed E-state index contributed by atoms with van der Waals surface area (Å²) in [6, 6.07) is 16.0. The zero-order chi connectivity index (χ0) is 20.9. The first-order chi connectivity index (χ1) is 14.5. The molecule has 1 fully saturated rings. The number of amides is 1. The number of anilines is 1. The van der Waals surface area contributed by atoms with Crippen molar-refractivity contribution in [3.63, 3.8) is 0 Å². The number of fused-ring (bicyclic) bond motifs is 1. The smallest absolute Gasteiger partial charge is 0.254 e. The number of likely N-dealkylation sites (tertiary alicyclic amines) is 1. The molecule has 6 nitrogen and oxygen atoms in total. The summed E-state index contributed by atoms with van der Waals surface area (Å²) in [6.45, 7) is 5.14. The number of aromatic nitrogens is 1. The van der Waals surface area contributed by atoms with Gasteiger partial charge in [-0.05, 0) is 49.9 Å². The highest BCUT2D eigenvalue weighted by atomic mass is 16.5. The van der Waals surface area contributed by atoms with Crippen molar-refractivity contribution in [2.75, 3.05) is 18.4 Å². The molecular weight excluding hydrogens is 378 g/mol. The van der Waals surface area contributed by atoms with Crippen LogP contribution in [-0.2, 0) is 10.3 Å². The maximum Gasteiger partial charge on any atom is 0.254 e. The lowest BCUT2D eigenvalue weighted by atomic mass is 9.80. The van der Waals surface area contributed by atoms with Gasteiger partial charge in [0.05, 0.1) is 11.8 Å². The molecule has 30 heavy (non-hydrogen) atoms. The number of aliphatic hydroxyl groups excluding tert-OH is 1. The molecule has 1 atom stereocenters. The topological polar surface area (TPSA) is 78.6 Å². The van der Waals surface area contributed by atoms with E-state index in [0.717, 1.165) is 39.4 Å². The largest absolute Gasteiger partial charge is 0.393 e. The highest BCUT2D eigenvalue weighted by Gasteiger charge is 2.53. The molecule has 6 heteroatoms. The van der Waals surface area contributed by atoms with E-state index in [9.17, 15) is 9.90 Å². The van der Waals surface area contributed by atoms with E-state index in [-0.39, 0.29) is 12.0 Å². The quantitative estimate of drug-likeness (QED) is 0.699. The molecule has 1 saturated heterocycles. The van der Waals surface area contributed by atoms with Gasteiger partial charge in [-0.3, -0.25) is 9.69 Å². The van der Waals surface area contributed by atoms with E-state index in [4.69, 9.17) is 4.52 Å². The number of rotatable bonds is 3. The number of aryl methyl sites for hydroxylation is 2. The molecule has 0 spiro atoms. The summed E-state index contributed by atoms with van der Waals surface area (Å²) in [5.74, 6) is 0.715. The third kappa shape index (κ3) is 2.71. The normalized spacial score (nSPS) is 22.2. The third-order valence-electron chi connectivity index (χ3n) is 6.44. The maximum absolute atomic E-state index is 13.6. The van der Waals surface area contributed by atoms with Gasteiger partial charge in [-0.1, -0.05) is 41.6 Å². The first-order valence-electron chi connectivity index (χ1n) is 10.4. The maximum atomic E-state index is 13.6. The fourth-order valence-electron chi connectivity index (χ4n) is 5.00. The van der Waals surface area contributed by atoms with Crippen molar-refractivity contribution in [2.45, 2.75) is 38.3 Å². The number of nitrogens with one attached hydrogen (secondary N) is 1. The van der Waals surface area contributed by atoms with Crippen LogP contribution in [0, 0.1) is 13.8 Å². The molecule has 0 bridgehead atoms. The number of nitrogens with zero attached hydrogens (tertiary/aromatic N) is 2. The molecule has 1 unspecified atom stereocenters. The van der Waals surface area contributed by atoms with E-state index in [1.165, 1.54) is 0 Å². The highest BCUT2D eigenvalue weighted by molar-refractivity contribution is 6.09. The minimum absolute atomic E-state index is 0.0454. The molecule has 3 aromatic rings. The molecule has 2 N–H and O–H groups in total. The van der Waals surface area contributed by atoms with Crippen molar-refractivity contribution in [2.24, 2.45) is 0 Å². The van der Waals surface area contributed by atoms with Crippen LogP contribution in [0.4, 0.5) is 5.69 Å². The number of carbonyl (C=O) groups is 1. The number of hydrogen-bond acceptors (Lipinski definition) is 5. The van der Waals surface area contributed by atoms with Crippen LogP contribution in [0.5, 0.6) is 0 Å². The van der Waals surface area contributed by atoms with Crippen molar-refractivity contribution in [1.29, 1.82) is 0 Å². The average molecular weight is 403 g/mol. The van der Waals surface area contributed by atoms with Crippen molar-refractivity contribution in [1.82, 2.24) is 10.1 Å². The van der Waals surface area contributed by atoms with Gasteiger partial charge in [-0.2, -0.15) is 0 Å². The van der Waals surface area contributed by atoms with Crippen molar-refractivity contribution in [3.8, 4) is 11.1 Å². The van der Waals surface area contributed by atoms with Gasteiger partial charge in [-0.15, -0.1) is 0 Å². The van der Waals surface area contributed by atoms with Crippen LogP contribution in [0.3, 0.4) is 0 Å². The Kier molecular flexibility index (Phi) is 4.49. The monoisotopic (exact) mass is 403 g/mol. The molecule has 0 radical (unpaired) electrons. The first kappa shape index (κ1) is 19.0. The van der Waals surface area contributed by atoms with Crippen LogP contribution in [-0.4, -0.2) is 40.3 Å². The van der Waals surface area contributed by atoms with Crippen LogP contribution in [0.25, 0.3) is 11.1 Å². The molecule has 5 rings (SSSR count). The molecule has 0 saturated carbocycles. The molecule has 0 aliphatic carbocycles. The van der Waals surface area contributed by atoms with Gasteiger partial charge in [0.15, 0.2) is 5.54 Å². The lowest BCUT2D eigenvalue weighted by molar-refractivity contribution is -0.126. The van der Waals surface area contributed by atoms with Gasteiger partial charge in [0.2, 0.25) is 0 Å². The van der Waals surface area contributed by atoms with Crippen LogP contribution in [0.15, 0.2) is 53.1 Å². The van der Waals surface area contributed by atoms with Crippen LogP contribution in [0.1, 0.15) is 35.4 Å². The third-order valence-corrected chi connectivity index (χ3v) is 6.44. The SMILES string of the molecule is Cc1noc(C)c1-c1ccc2c(c1)C(c1ccccc1)(N1CCC(O)CC1)C(=O)N2. The van der Waals surface area contributed by atoms with Gasteiger partial charge >= 0.3 is 0 Å². The van der Waals surface area contributed by atoms with Crippen LogP contribution < -0.4 is 5.32 Å². The zero-order valence-electron chi connectivity index (χ0n) is 17.2. The fraction of sp³-hybridized carbons (Fsp3) is 0.333. The lowest BCUT2D eigenvalue weighted by Gasteiger charge is -2.43. The summed E-state index contributed by atoms with van der Waals surface area (Å²) in [5, 5.41) is 17.3. The van der Waals surface area contributed by atoms with E-state index in [2.05, 4.69) is 21.4 Å². The van der Waals surface area contributed by atoms with E-state index < -0.39 is 5.54 Å². The molecule has 2 aliphatic heterocycles. The molecule has 3 heterocycles. The Hall–Kier alpha value is -2.96. The molecule has 2 aromatic carbocycles. The molecule has 2 aliphatic rings. The number of carbonyl (C=O) groups excluding carboxylic acids is 1. The Bertz CT molecular complexity index is 1080. The summed E-state index contributed by atoms with van der Waals surface area (Å²) in [4.78, 5) is 15.8. The van der Waals surface area contributed by atoms with Gasteiger partial charge in [-0.25, -0.2) is 0 Å². The summed E-state index contributed by atoms with van der Waals surface area (Å²) in [7, 11) is 0. The predicted molar refractivity (Wildman–Crippen MR) is 114 cm³/mol. The van der Waals surface area contributed by atoms with Gasteiger partial charge in [0, 0.05) is 29.9 Å². The van der Waals surface area contributed by atoms with Gasteiger partial charge < -0.3 is 14.9 Å². The summed E-state index contributed by atoms with van der Waals surface area (Å²) in [5.41, 5.74) is 4.56. The average Bonchev–Trinajstić information content (AvgIpc) is 3.24. The lowest BCUT2D eigenvalue weighted by Crippen LogP contribution is -2.55. The standard InChI is InChI=1S/C24H25N3O3/c1-15-22(16(2)30-26-15)17-8-9-21-20(14-17)24(23(29)25-21,18-6-4-3-5-7-18)27-12-10-19(28)11-13-27/h3-9,14,19,28H,10-13H2,1-2H3,(H,25,29). The highest BCUT2D eigenvalue weighted by Crippen LogP contribution is 2.48. The first-order valence-corrected chi connectivity index (χ1v) is 10.4. The summed E-state index contributed by atoms with van der Waals surface area (Å²) in [6.07, 6.45) is 0.994. The fourth-order valence-corrected chi connectivity index (χ4v) is 5.00. The van der Waals surface area contributed by atoms with E-state index >= 15 is 0 Å². The number of benzene rings is 2. The van der Waals surface area contributed by atoms with Crippen molar-refractivity contribution < 1.29 is 14.4 Å². The van der Waals surface area contributed by atoms with E-state index in [1.54, 1.807) is 0 Å². The van der Waals surface area contributed by atoms with E-state index in [1.807, 2.05) is 56.3 Å². The van der Waals surface area contributed by atoms with Crippen LogP contribution in [0.2, 0.25) is 0 Å². The Morgan fingerprint density at radius 3 is 2.53 bits per heavy atom. The predicted octanol–water partition coefficient (Wildman–Crippen LogP) is 3.61. The Morgan fingerprint density at radius 1 is 1.13 bits per heavy atom. The second kappa shape index (κ2) is 7.07. The van der Waals surface area contributed by atoms with Crippen molar-refractivity contribution >= 4 is 11.6 Å². The minimum atomic E-state index is -0.925. The van der Waals surface area contributed by atoms with Crippen LogP contribution >= 0.6 is 0 Å². The van der Waals surface area contributed by atoms with Crippen molar-refractivity contribution in [3.05, 3.63) is 71.1 Å². The Morgan fingerprint density at radius 2 is 1.87 bits per heavy atom. The Balaban J connectivity index is 1.73. The molecule has 1 aromatic heterocycles. The van der Waals surface area contributed by atoms with E-state index in [0.29, 0.717) is 25.9 Å². The molecule has 1 amide bonds. The Labute approximate surface area is 175 Å². The second-order valence-electron chi connectivity index (χ2n) is 8.21. The summed E-state index contributed by atoms with van der Waals surface area (Å²) >= 11 is 0. The molecule has 154 valence electrons. The van der Waals surface area contributed by atoms with Gasteiger partial charge in [0.1, 0.15) is 5.76 Å². The van der Waals surface area contributed by atoms with Gasteiger partial charge in [0.25, 0.3) is 5.91 Å². The molecular formula is C24H25N3O3. The summed E-state index contributed by atoms with van der Waals surface area (Å²) < 4.78 is 5.38. The number of piperidine rings is 1. The number of hydrogen-bond donors (Lipinski definition) is 2. The second-order valence-corrected chi connectivity index (χ2v) is 8.21. The zero-order valence-corrected chi connectivity index (χ0v) is 17.2. The number of aliphatic hydroxyl groups is 1.